The molecule has 1 unspecified atom stereocenters. The molecule has 1 rings (SSSR count). The normalized spacial score (nSPS) is 12.9. The molecule has 3 nitrogen and oxygen atoms in total. The molecule has 84 valence electrons. The van der Waals surface area contributed by atoms with Gasteiger partial charge in [-0.3, -0.25) is 4.79 Å². The lowest BCUT2D eigenvalue weighted by atomic mass is 10.1. The van der Waals surface area contributed by atoms with E-state index in [-0.39, 0.29) is 17.1 Å². The van der Waals surface area contributed by atoms with Crippen LogP contribution in [0.5, 0.6) is 0 Å². The number of nitrogens with zero attached hydrogens (tertiary/aromatic N) is 1. The van der Waals surface area contributed by atoms with Crippen molar-refractivity contribution < 1.29 is 9.21 Å². The van der Waals surface area contributed by atoms with Gasteiger partial charge in [-0.2, -0.15) is 12.6 Å². The summed E-state index contributed by atoms with van der Waals surface area (Å²) in [5, 5.41) is -0.234. The first-order chi connectivity index (χ1) is 7.02. The summed E-state index contributed by atoms with van der Waals surface area (Å²) in [6, 6.07) is 1.85. The largest absolute Gasteiger partial charge is 0.472 e. The molecule has 0 aromatic carbocycles. The molecule has 0 N–H and O–H groups in total. The van der Waals surface area contributed by atoms with Gasteiger partial charge in [-0.15, -0.1) is 0 Å². The fraction of sp³-hybridized carbons (Fsp3) is 0.545. The van der Waals surface area contributed by atoms with Gasteiger partial charge in [0.2, 0.25) is 5.91 Å². The highest BCUT2D eigenvalue weighted by molar-refractivity contribution is 7.81. The standard InChI is InChI=1S/C11H17NO2S/c1-8(2)10(15)11(13)12(3)6-9-4-5-14-7-9/h4-5,7-8,10,15H,6H2,1-3H3. The first-order valence-electron chi connectivity index (χ1n) is 4.96. The molecule has 0 aliphatic heterocycles. The van der Waals surface area contributed by atoms with Gasteiger partial charge < -0.3 is 9.32 Å². The van der Waals surface area contributed by atoms with Crippen LogP contribution in [0.15, 0.2) is 23.0 Å². The summed E-state index contributed by atoms with van der Waals surface area (Å²) in [6.45, 7) is 4.54. The van der Waals surface area contributed by atoms with Crippen molar-refractivity contribution in [2.45, 2.75) is 25.6 Å². The van der Waals surface area contributed by atoms with Gasteiger partial charge in [0.05, 0.1) is 17.8 Å². The SMILES string of the molecule is CC(C)C(S)C(=O)N(C)Cc1ccoc1. The van der Waals surface area contributed by atoms with Crippen LogP contribution in [0.1, 0.15) is 19.4 Å². The van der Waals surface area contributed by atoms with Crippen molar-refractivity contribution >= 4 is 18.5 Å². The Balaban J connectivity index is 2.54. The summed E-state index contributed by atoms with van der Waals surface area (Å²) in [5.41, 5.74) is 0.995. The molecule has 1 heterocycles. The van der Waals surface area contributed by atoms with Crippen LogP contribution in [-0.2, 0) is 11.3 Å². The number of rotatable bonds is 4. The number of hydrogen-bond donors (Lipinski definition) is 1. The van der Waals surface area contributed by atoms with Crippen LogP contribution >= 0.6 is 12.6 Å². The number of furan rings is 1. The van der Waals surface area contributed by atoms with Crippen molar-refractivity contribution in [1.82, 2.24) is 4.90 Å². The molecule has 1 atom stereocenters. The van der Waals surface area contributed by atoms with Crippen molar-refractivity contribution in [1.29, 1.82) is 0 Å². The van der Waals surface area contributed by atoms with E-state index in [1.807, 2.05) is 19.9 Å². The monoisotopic (exact) mass is 227 g/mol. The number of amides is 1. The lowest BCUT2D eigenvalue weighted by Crippen LogP contribution is -2.35. The molecule has 0 bridgehead atoms. The van der Waals surface area contributed by atoms with Crippen molar-refractivity contribution in [2.75, 3.05) is 7.05 Å². The molecule has 0 saturated heterocycles. The van der Waals surface area contributed by atoms with Crippen molar-refractivity contribution in [3.63, 3.8) is 0 Å². The lowest BCUT2D eigenvalue weighted by Gasteiger charge is -2.22. The van der Waals surface area contributed by atoms with Crippen molar-refractivity contribution in [3.05, 3.63) is 24.2 Å². The van der Waals surface area contributed by atoms with Crippen LogP contribution in [0.25, 0.3) is 0 Å². The smallest absolute Gasteiger partial charge is 0.235 e. The van der Waals surface area contributed by atoms with Crippen LogP contribution < -0.4 is 0 Å². The van der Waals surface area contributed by atoms with Crippen LogP contribution in [0.3, 0.4) is 0 Å². The maximum atomic E-state index is 11.8. The minimum absolute atomic E-state index is 0.0505. The Labute approximate surface area is 95.9 Å². The van der Waals surface area contributed by atoms with Crippen molar-refractivity contribution in [2.24, 2.45) is 5.92 Å². The Morgan fingerprint density at radius 2 is 2.27 bits per heavy atom. The summed E-state index contributed by atoms with van der Waals surface area (Å²) in [6.07, 6.45) is 3.25. The third-order valence-electron chi connectivity index (χ3n) is 2.26. The Kier molecular flexibility index (Phi) is 4.27. The second-order valence-electron chi connectivity index (χ2n) is 4.01. The first-order valence-corrected chi connectivity index (χ1v) is 5.48. The lowest BCUT2D eigenvalue weighted by molar-refractivity contribution is -0.130. The Hall–Kier alpha value is -0.900. The molecule has 4 heteroatoms. The minimum atomic E-state index is -0.234. The summed E-state index contributed by atoms with van der Waals surface area (Å²) in [5.74, 6) is 0.294. The minimum Gasteiger partial charge on any atom is -0.472 e. The number of thiol groups is 1. The fourth-order valence-electron chi connectivity index (χ4n) is 1.25. The highest BCUT2D eigenvalue weighted by Gasteiger charge is 2.21. The van der Waals surface area contributed by atoms with Gasteiger partial charge >= 0.3 is 0 Å². The van der Waals surface area contributed by atoms with Gasteiger partial charge in [-0.25, -0.2) is 0 Å². The molecule has 1 aromatic rings. The van der Waals surface area contributed by atoms with Crippen LogP contribution in [0, 0.1) is 5.92 Å². The molecule has 0 aliphatic carbocycles. The van der Waals surface area contributed by atoms with E-state index in [0.29, 0.717) is 6.54 Å². The van der Waals surface area contributed by atoms with Crippen LogP contribution in [-0.4, -0.2) is 23.1 Å². The molecule has 0 spiro atoms. The van der Waals surface area contributed by atoms with E-state index in [2.05, 4.69) is 12.6 Å². The third kappa shape index (κ3) is 3.30. The maximum absolute atomic E-state index is 11.8. The highest BCUT2D eigenvalue weighted by atomic mass is 32.1. The molecule has 0 saturated carbocycles. The van der Waals surface area contributed by atoms with E-state index in [9.17, 15) is 4.79 Å². The van der Waals surface area contributed by atoms with E-state index in [1.54, 1.807) is 24.5 Å². The first kappa shape index (κ1) is 12.2. The van der Waals surface area contributed by atoms with Gasteiger partial charge in [-0.05, 0) is 12.0 Å². The van der Waals surface area contributed by atoms with Crippen LogP contribution in [0.4, 0.5) is 0 Å². The molecular weight excluding hydrogens is 210 g/mol. The fourth-order valence-corrected chi connectivity index (χ4v) is 1.44. The van der Waals surface area contributed by atoms with E-state index < -0.39 is 0 Å². The zero-order valence-corrected chi connectivity index (χ0v) is 10.2. The van der Waals surface area contributed by atoms with Gasteiger partial charge in [0.25, 0.3) is 0 Å². The van der Waals surface area contributed by atoms with Crippen molar-refractivity contribution in [3.8, 4) is 0 Å². The molecule has 15 heavy (non-hydrogen) atoms. The average Bonchev–Trinajstić information content (AvgIpc) is 2.67. The molecule has 0 aliphatic rings. The predicted molar refractivity (Wildman–Crippen MR) is 62.8 cm³/mol. The summed E-state index contributed by atoms with van der Waals surface area (Å²) in [7, 11) is 1.78. The molecular formula is C11H17NO2S. The van der Waals surface area contributed by atoms with Gasteiger partial charge in [-0.1, -0.05) is 13.8 Å². The Bertz CT molecular complexity index is 308. The zero-order chi connectivity index (χ0) is 11.4. The summed E-state index contributed by atoms with van der Waals surface area (Å²) in [4.78, 5) is 13.5. The molecule has 1 amide bonds. The van der Waals surface area contributed by atoms with Gasteiger partial charge in [0.15, 0.2) is 0 Å². The second-order valence-corrected chi connectivity index (χ2v) is 4.57. The quantitative estimate of drug-likeness (QED) is 0.800. The average molecular weight is 227 g/mol. The zero-order valence-electron chi connectivity index (χ0n) is 9.30. The third-order valence-corrected chi connectivity index (χ3v) is 3.08. The number of hydrogen-bond acceptors (Lipinski definition) is 3. The van der Waals surface area contributed by atoms with Gasteiger partial charge in [0, 0.05) is 19.2 Å². The van der Waals surface area contributed by atoms with Gasteiger partial charge in [0.1, 0.15) is 0 Å². The number of carbonyl (C=O) groups is 1. The predicted octanol–water partition coefficient (Wildman–Crippen LogP) is 2.19. The highest BCUT2D eigenvalue weighted by Crippen LogP contribution is 2.13. The Morgan fingerprint density at radius 1 is 1.60 bits per heavy atom. The molecule has 1 aromatic heterocycles. The van der Waals surface area contributed by atoms with E-state index in [4.69, 9.17) is 4.42 Å². The number of carbonyl (C=O) groups excluding carboxylic acids is 1. The van der Waals surface area contributed by atoms with E-state index in [0.717, 1.165) is 5.56 Å². The Morgan fingerprint density at radius 3 is 2.73 bits per heavy atom. The topological polar surface area (TPSA) is 33.5 Å². The second kappa shape index (κ2) is 5.26. The molecule has 0 radical (unpaired) electrons. The van der Waals surface area contributed by atoms with Crippen LogP contribution in [0.2, 0.25) is 0 Å². The molecule has 0 fully saturated rings. The van der Waals surface area contributed by atoms with E-state index >= 15 is 0 Å². The maximum Gasteiger partial charge on any atom is 0.235 e. The summed E-state index contributed by atoms with van der Waals surface area (Å²) >= 11 is 4.30. The van der Waals surface area contributed by atoms with E-state index in [1.165, 1.54) is 0 Å². The summed E-state index contributed by atoms with van der Waals surface area (Å²) < 4.78 is 4.95.